The summed E-state index contributed by atoms with van der Waals surface area (Å²) in [5.74, 6) is -0.564. The molecule has 0 aromatic heterocycles. The molecule has 0 spiro atoms. The van der Waals surface area contributed by atoms with Gasteiger partial charge in [-0.1, -0.05) is 41.9 Å². The maximum atomic E-state index is 11.3. The maximum absolute atomic E-state index is 11.3. The lowest BCUT2D eigenvalue weighted by Crippen LogP contribution is -2.08. The summed E-state index contributed by atoms with van der Waals surface area (Å²) >= 11 is 3.31. The summed E-state index contributed by atoms with van der Waals surface area (Å²) < 4.78 is 5.83. The van der Waals surface area contributed by atoms with E-state index in [0.717, 1.165) is 4.47 Å². The van der Waals surface area contributed by atoms with E-state index in [2.05, 4.69) is 15.9 Å². The van der Waals surface area contributed by atoms with Crippen LogP contribution in [0, 0.1) is 17.2 Å². The van der Waals surface area contributed by atoms with Gasteiger partial charge in [-0.3, -0.25) is 4.79 Å². The van der Waals surface area contributed by atoms with Crippen LogP contribution in [0.25, 0.3) is 5.57 Å². The van der Waals surface area contributed by atoms with Crippen LogP contribution in [0.3, 0.4) is 0 Å². The number of allylic oxidation sites excluding steroid dienone is 1. The van der Waals surface area contributed by atoms with Crippen LogP contribution in [0.5, 0.6) is 0 Å². The third-order valence-electron chi connectivity index (χ3n) is 2.04. The summed E-state index contributed by atoms with van der Waals surface area (Å²) in [6.07, 6.45) is 1.20. The fourth-order valence-electron chi connectivity index (χ4n) is 1.04. The lowest BCUT2D eigenvalue weighted by molar-refractivity contribution is -0.141. The van der Waals surface area contributed by atoms with E-state index in [4.69, 9.17) is 10.00 Å². The number of halogens is 1. The first-order valence-electron chi connectivity index (χ1n) is 5.11. The van der Waals surface area contributed by atoms with Crippen LogP contribution in [0.4, 0.5) is 0 Å². The minimum atomic E-state index is -0.352. The molecule has 17 heavy (non-hydrogen) atoms. The number of rotatable bonds is 3. The molecular weight excluding hydrogens is 282 g/mol. The topological polar surface area (TPSA) is 50.1 Å². The van der Waals surface area contributed by atoms with Crippen molar-refractivity contribution in [3.8, 4) is 6.07 Å². The van der Waals surface area contributed by atoms with Crippen LogP contribution < -0.4 is 0 Å². The van der Waals surface area contributed by atoms with Gasteiger partial charge in [0, 0.05) is 4.47 Å². The van der Waals surface area contributed by atoms with Crippen LogP contribution >= 0.6 is 15.9 Å². The van der Waals surface area contributed by atoms with E-state index < -0.39 is 0 Å². The second-order valence-electron chi connectivity index (χ2n) is 3.74. The molecule has 0 heterocycles. The smallest absolute Gasteiger partial charge is 0.313 e. The molecule has 0 unspecified atom stereocenters. The second kappa shape index (κ2) is 6.21. The van der Waals surface area contributed by atoms with Gasteiger partial charge < -0.3 is 4.74 Å². The summed E-state index contributed by atoms with van der Waals surface area (Å²) in [6, 6.07) is 9.21. The molecule has 0 saturated heterocycles. The zero-order chi connectivity index (χ0) is 12.8. The molecule has 0 aliphatic carbocycles. The molecule has 0 N–H and O–H groups in total. The normalized spacial score (nSPS) is 11.1. The highest BCUT2D eigenvalue weighted by Crippen LogP contribution is 2.17. The van der Waals surface area contributed by atoms with Crippen molar-refractivity contribution in [2.45, 2.75) is 13.8 Å². The standard InChI is InChI=1S/C13H12BrNO2/c1-9(2)13(16)17-8-11(7-15)10-3-5-12(14)6-4-10/h3-6,8-9H,1-2H3. The largest absolute Gasteiger partial charge is 0.433 e. The number of nitrogens with zero attached hydrogens (tertiary/aromatic N) is 1. The van der Waals surface area contributed by atoms with E-state index in [-0.39, 0.29) is 11.9 Å². The average molecular weight is 294 g/mol. The van der Waals surface area contributed by atoms with E-state index in [9.17, 15) is 4.79 Å². The number of hydrogen-bond donors (Lipinski definition) is 0. The molecule has 88 valence electrons. The van der Waals surface area contributed by atoms with Gasteiger partial charge in [-0.25, -0.2) is 0 Å². The molecule has 0 radical (unpaired) electrons. The van der Waals surface area contributed by atoms with Crippen LogP contribution in [0.2, 0.25) is 0 Å². The van der Waals surface area contributed by atoms with Gasteiger partial charge in [0.05, 0.1) is 11.5 Å². The Bertz CT molecular complexity index is 469. The van der Waals surface area contributed by atoms with Gasteiger partial charge in [0.1, 0.15) is 12.3 Å². The summed E-state index contributed by atoms with van der Waals surface area (Å²) in [5.41, 5.74) is 1.04. The summed E-state index contributed by atoms with van der Waals surface area (Å²) in [5, 5.41) is 8.98. The Balaban J connectivity index is 2.86. The fourth-order valence-corrected chi connectivity index (χ4v) is 1.31. The monoisotopic (exact) mass is 293 g/mol. The van der Waals surface area contributed by atoms with Crippen molar-refractivity contribution in [2.24, 2.45) is 5.92 Å². The number of carbonyl (C=O) groups is 1. The number of ether oxygens (including phenoxy) is 1. The van der Waals surface area contributed by atoms with Crippen molar-refractivity contribution >= 4 is 27.5 Å². The molecule has 4 heteroatoms. The number of hydrogen-bond acceptors (Lipinski definition) is 3. The first kappa shape index (κ1) is 13.5. The first-order chi connectivity index (χ1) is 8.04. The van der Waals surface area contributed by atoms with Gasteiger partial charge in [-0.15, -0.1) is 0 Å². The number of esters is 1. The van der Waals surface area contributed by atoms with Crippen molar-refractivity contribution in [1.29, 1.82) is 5.26 Å². The number of carbonyl (C=O) groups excluding carboxylic acids is 1. The Morgan fingerprint density at radius 2 is 2.00 bits per heavy atom. The Hall–Kier alpha value is -1.60. The average Bonchev–Trinajstić information content (AvgIpc) is 2.31. The molecule has 0 amide bonds. The highest BCUT2D eigenvalue weighted by molar-refractivity contribution is 9.10. The molecule has 0 fully saturated rings. The lowest BCUT2D eigenvalue weighted by Gasteiger charge is -2.03. The predicted octanol–water partition coefficient (Wildman–Crippen LogP) is 3.51. The van der Waals surface area contributed by atoms with Gasteiger partial charge in [-0.2, -0.15) is 5.26 Å². The third-order valence-corrected chi connectivity index (χ3v) is 2.57. The summed E-state index contributed by atoms with van der Waals surface area (Å²) in [7, 11) is 0. The second-order valence-corrected chi connectivity index (χ2v) is 4.66. The zero-order valence-electron chi connectivity index (χ0n) is 9.61. The third kappa shape index (κ3) is 4.04. The van der Waals surface area contributed by atoms with Crippen LogP contribution in [0.1, 0.15) is 19.4 Å². The lowest BCUT2D eigenvalue weighted by atomic mass is 10.1. The van der Waals surface area contributed by atoms with Gasteiger partial charge in [0.2, 0.25) is 0 Å². The molecule has 1 aromatic carbocycles. The van der Waals surface area contributed by atoms with Crippen LogP contribution in [-0.2, 0) is 9.53 Å². The summed E-state index contributed by atoms with van der Waals surface area (Å²) in [4.78, 5) is 11.3. The minimum Gasteiger partial charge on any atom is -0.433 e. The molecule has 1 aromatic rings. The van der Waals surface area contributed by atoms with Crippen LogP contribution in [0.15, 0.2) is 35.0 Å². The molecule has 0 atom stereocenters. The quantitative estimate of drug-likeness (QED) is 0.487. The maximum Gasteiger partial charge on any atom is 0.313 e. The Morgan fingerprint density at radius 1 is 1.41 bits per heavy atom. The zero-order valence-corrected chi connectivity index (χ0v) is 11.2. The van der Waals surface area contributed by atoms with E-state index in [1.165, 1.54) is 6.26 Å². The Kier molecular flexibility index (Phi) is 4.92. The van der Waals surface area contributed by atoms with Gasteiger partial charge in [0.25, 0.3) is 0 Å². The van der Waals surface area contributed by atoms with E-state index in [0.29, 0.717) is 11.1 Å². The van der Waals surface area contributed by atoms with Crippen LogP contribution in [-0.4, -0.2) is 5.97 Å². The molecule has 0 aliphatic rings. The highest BCUT2D eigenvalue weighted by atomic mass is 79.9. The Morgan fingerprint density at radius 3 is 2.47 bits per heavy atom. The molecule has 0 aliphatic heterocycles. The number of nitriles is 1. The predicted molar refractivity (Wildman–Crippen MR) is 68.7 cm³/mol. The fraction of sp³-hybridized carbons (Fsp3) is 0.231. The van der Waals surface area contributed by atoms with E-state index in [1.54, 1.807) is 26.0 Å². The van der Waals surface area contributed by atoms with Crippen molar-refractivity contribution in [3.63, 3.8) is 0 Å². The molecule has 0 saturated carbocycles. The van der Waals surface area contributed by atoms with Crippen molar-refractivity contribution in [1.82, 2.24) is 0 Å². The van der Waals surface area contributed by atoms with Gasteiger partial charge >= 0.3 is 5.97 Å². The Labute approximate surface area is 109 Å². The molecule has 3 nitrogen and oxygen atoms in total. The minimum absolute atomic E-state index is 0.212. The SMILES string of the molecule is CC(C)C(=O)OC=C(C#N)c1ccc(Br)cc1. The molecular formula is C13H12BrNO2. The molecule has 0 bridgehead atoms. The van der Waals surface area contributed by atoms with Gasteiger partial charge in [0.15, 0.2) is 0 Å². The van der Waals surface area contributed by atoms with Crippen molar-refractivity contribution in [2.75, 3.05) is 0 Å². The van der Waals surface area contributed by atoms with Crippen molar-refractivity contribution in [3.05, 3.63) is 40.6 Å². The highest BCUT2D eigenvalue weighted by Gasteiger charge is 2.08. The van der Waals surface area contributed by atoms with Crippen molar-refractivity contribution < 1.29 is 9.53 Å². The summed E-state index contributed by atoms with van der Waals surface area (Å²) in [6.45, 7) is 3.48. The first-order valence-corrected chi connectivity index (χ1v) is 5.90. The van der Waals surface area contributed by atoms with E-state index in [1.807, 2.05) is 18.2 Å². The molecule has 1 rings (SSSR count). The van der Waals surface area contributed by atoms with Gasteiger partial charge in [-0.05, 0) is 17.7 Å². The van der Waals surface area contributed by atoms with E-state index >= 15 is 0 Å². The number of benzene rings is 1.